The predicted molar refractivity (Wildman–Crippen MR) is 88.2 cm³/mol. The molecule has 2 aliphatic rings. The maximum absolute atomic E-state index is 3.86. The lowest BCUT2D eigenvalue weighted by Crippen LogP contribution is -2.60. The maximum Gasteiger partial charge on any atom is 0.0331 e. The first-order chi connectivity index (χ1) is 9.70. The first-order valence-corrected chi connectivity index (χ1v) is 9.19. The molecule has 1 N–H and O–H groups in total. The highest BCUT2D eigenvalue weighted by molar-refractivity contribution is 4.98. The van der Waals surface area contributed by atoms with Crippen molar-refractivity contribution in [2.24, 2.45) is 5.92 Å². The Morgan fingerprint density at radius 1 is 1.05 bits per heavy atom. The minimum Gasteiger partial charge on any atom is -0.312 e. The molecule has 20 heavy (non-hydrogen) atoms. The number of piperidine rings is 1. The molecule has 0 aromatic carbocycles. The summed E-state index contributed by atoms with van der Waals surface area (Å²) < 4.78 is 0. The van der Waals surface area contributed by atoms with E-state index in [1.54, 1.807) is 0 Å². The highest BCUT2D eigenvalue weighted by Gasteiger charge is 2.39. The summed E-state index contributed by atoms with van der Waals surface area (Å²) in [5.74, 6) is 0.981. The van der Waals surface area contributed by atoms with Gasteiger partial charge in [-0.15, -0.1) is 0 Å². The molecule has 2 nitrogen and oxygen atoms in total. The molecule has 118 valence electrons. The van der Waals surface area contributed by atoms with Crippen LogP contribution in [0, 0.1) is 5.92 Å². The van der Waals surface area contributed by atoms with Crippen LogP contribution >= 0.6 is 0 Å². The largest absolute Gasteiger partial charge is 0.312 e. The van der Waals surface area contributed by atoms with Gasteiger partial charge >= 0.3 is 0 Å². The second kappa shape index (κ2) is 7.79. The van der Waals surface area contributed by atoms with Crippen LogP contribution in [0.4, 0.5) is 0 Å². The van der Waals surface area contributed by atoms with Crippen molar-refractivity contribution in [1.29, 1.82) is 0 Å². The van der Waals surface area contributed by atoms with Gasteiger partial charge < -0.3 is 5.32 Å². The highest BCUT2D eigenvalue weighted by Crippen LogP contribution is 2.35. The first-order valence-electron chi connectivity index (χ1n) is 9.19. The fourth-order valence-electron chi connectivity index (χ4n) is 4.48. The van der Waals surface area contributed by atoms with Gasteiger partial charge in [-0.2, -0.15) is 0 Å². The van der Waals surface area contributed by atoms with Crippen LogP contribution in [0.15, 0.2) is 0 Å². The Bertz CT molecular complexity index is 267. The molecule has 1 aliphatic carbocycles. The second-order valence-corrected chi connectivity index (χ2v) is 7.25. The Balaban J connectivity index is 2.05. The van der Waals surface area contributed by atoms with Gasteiger partial charge in [0.2, 0.25) is 0 Å². The van der Waals surface area contributed by atoms with Gasteiger partial charge in [-0.3, -0.25) is 4.90 Å². The summed E-state index contributed by atoms with van der Waals surface area (Å²) in [5, 5.41) is 3.86. The van der Waals surface area contributed by atoms with Gasteiger partial charge in [0.05, 0.1) is 0 Å². The van der Waals surface area contributed by atoms with Crippen LogP contribution in [0.1, 0.15) is 78.6 Å². The van der Waals surface area contributed by atoms with E-state index in [9.17, 15) is 0 Å². The molecule has 2 unspecified atom stereocenters. The molecule has 0 radical (unpaired) electrons. The molecular weight excluding hydrogens is 244 g/mol. The number of hydrogen-bond donors (Lipinski definition) is 1. The standard InChI is InChI=1S/C18H36N2/c1-4-18(3,20-13-9-6-10-14-20)17(19-5-2)15-16-11-7-8-12-16/h16-17,19H,4-15H2,1-3H3. The predicted octanol–water partition coefficient (Wildman–Crippen LogP) is 4.20. The molecule has 2 rings (SSSR count). The summed E-state index contributed by atoms with van der Waals surface area (Å²) in [6.07, 6.45) is 12.8. The normalized spacial score (nSPS) is 26.6. The van der Waals surface area contributed by atoms with Crippen molar-refractivity contribution in [1.82, 2.24) is 10.2 Å². The first kappa shape index (κ1) is 16.3. The molecule has 0 aromatic rings. The van der Waals surface area contributed by atoms with E-state index in [1.807, 2.05) is 0 Å². The summed E-state index contributed by atoms with van der Waals surface area (Å²) in [6, 6.07) is 0.679. The molecule has 0 aromatic heterocycles. The van der Waals surface area contributed by atoms with E-state index in [2.05, 4.69) is 31.0 Å². The van der Waals surface area contributed by atoms with Crippen LogP contribution in [0.2, 0.25) is 0 Å². The van der Waals surface area contributed by atoms with Gasteiger partial charge in [-0.05, 0) is 58.2 Å². The van der Waals surface area contributed by atoms with E-state index in [0.717, 1.165) is 12.5 Å². The third kappa shape index (κ3) is 3.76. The van der Waals surface area contributed by atoms with Crippen LogP contribution in [0.25, 0.3) is 0 Å². The van der Waals surface area contributed by atoms with Crippen LogP contribution < -0.4 is 5.32 Å². The minimum atomic E-state index is 0.360. The second-order valence-electron chi connectivity index (χ2n) is 7.25. The van der Waals surface area contributed by atoms with E-state index in [4.69, 9.17) is 0 Å². The molecule has 1 aliphatic heterocycles. The van der Waals surface area contributed by atoms with Crippen molar-refractivity contribution in [3.05, 3.63) is 0 Å². The summed E-state index contributed by atoms with van der Waals surface area (Å²) in [5.41, 5.74) is 0.360. The van der Waals surface area contributed by atoms with Gasteiger partial charge in [0.1, 0.15) is 0 Å². The van der Waals surface area contributed by atoms with Crippen molar-refractivity contribution >= 4 is 0 Å². The maximum atomic E-state index is 3.86. The molecule has 1 saturated carbocycles. The average molecular weight is 280 g/mol. The van der Waals surface area contributed by atoms with Gasteiger partial charge in [0, 0.05) is 11.6 Å². The van der Waals surface area contributed by atoms with Gasteiger partial charge in [0.25, 0.3) is 0 Å². The van der Waals surface area contributed by atoms with E-state index in [1.165, 1.54) is 70.9 Å². The molecule has 0 amide bonds. The summed E-state index contributed by atoms with van der Waals surface area (Å²) in [7, 11) is 0. The Morgan fingerprint density at radius 2 is 1.70 bits per heavy atom. The van der Waals surface area contributed by atoms with Gasteiger partial charge in [0.15, 0.2) is 0 Å². The van der Waals surface area contributed by atoms with Crippen molar-refractivity contribution in [3.63, 3.8) is 0 Å². The average Bonchev–Trinajstić information content (AvgIpc) is 3.00. The van der Waals surface area contributed by atoms with Crippen LogP contribution in [0.3, 0.4) is 0 Å². The Morgan fingerprint density at radius 3 is 2.25 bits per heavy atom. The van der Waals surface area contributed by atoms with Crippen LogP contribution in [-0.2, 0) is 0 Å². The summed E-state index contributed by atoms with van der Waals surface area (Å²) >= 11 is 0. The lowest BCUT2D eigenvalue weighted by molar-refractivity contribution is 0.0356. The minimum absolute atomic E-state index is 0.360. The Kier molecular flexibility index (Phi) is 6.35. The Labute approximate surface area is 126 Å². The molecule has 2 atom stereocenters. The molecular formula is C18H36N2. The van der Waals surface area contributed by atoms with Crippen LogP contribution in [-0.4, -0.2) is 36.1 Å². The number of hydrogen-bond acceptors (Lipinski definition) is 2. The molecule has 1 heterocycles. The van der Waals surface area contributed by atoms with Gasteiger partial charge in [-0.25, -0.2) is 0 Å². The lowest BCUT2D eigenvalue weighted by Gasteiger charge is -2.49. The fraction of sp³-hybridized carbons (Fsp3) is 1.00. The molecule has 2 heteroatoms. The molecule has 0 spiro atoms. The zero-order valence-corrected chi connectivity index (χ0v) is 14.1. The summed E-state index contributed by atoms with van der Waals surface area (Å²) in [4.78, 5) is 2.80. The third-order valence-electron chi connectivity index (χ3n) is 6.04. The molecule has 0 bridgehead atoms. The topological polar surface area (TPSA) is 15.3 Å². The molecule has 2 fully saturated rings. The zero-order valence-electron chi connectivity index (χ0n) is 14.1. The van der Waals surface area contributed by atoms with Crippen molar-refractivity contribution in [3.8, 4) is 0 Å². The fourth-order valence-corrected chi connectivity index (χ4v) is 4.48. The van der Waals surface area contributed by atoms with Crippen molar-refractivity contribution in [2.75, 3.05) is 19.6 Å². The third-order valence-corrected chi connectivity index (χ3v) is 6.04. The number of likely N-dealkylation sites (N-methyl/N-ethyl adjacent to an activating group) is 1. The summed E-state index contributed by atoms with van der Waals surface area (Å²) in [6.45, 7) is 10.9. The number of nitrogens with one attached hydrogen (secondary N) is 1. The number of likely N-dealkylation sites (tertiary alicyclic amines) is 1. The SMILES string of the molecule is CCNC(CC1CCCC1)C(C)(CC)N1CCCCC1. The number of nitrogens with zero attached hydrogens (tertiary/aromatic N) is 1. The highest BCUT2D eigenvalue weighted by atomic mass is 15.2. The van der Waals surface area contributed by atoms with E-state index < -0.39 is 0 Å². The Hall–Kier alpha value is -0.0800. The number of rotatable bonds is 7. The van der Waals surface area contributed by atoms with Gasteiger partial charge in [-0.1, -0.05) is 46.0 Å². The lowest BCUT2D eigenvalue weighted by atomic mass is 9.80. The van der Waals surface area contributed by atoms with Crippen LogP contribution in [0.5, 0.6) is 0 Å². The van der Waals surface area contributed by atoms with Crippen molar-refractivity contribution in [2.45, 2.75) is 90.1 Å². The molecule has 1 saturated heterocycles. The smallest absolute Gasteiger partial charge is 0.0331 e. The van der Waals surface area contributed by atoms with Crippen molar-refractivity contribution < 1.29 is 0 Å². The monoisotopic (exact) mass is 280 g/mol. The van der Waals surface area contributed by atoms with E-state index in [0.29, 0.717) is 11.6 Å². The van der Waals surface area contributed by atoms with E-state index in [-0.39, 0.29) is 0 Å². The zero-order chi connectivity index (χ0) is 14.4. The van der Waals surface area contributed by atoms with E-state index >= 15 is 0 Å². The quantitative estimate of drug-likeness (QED) is 0.752.